The van der Waals surface area contributed by atoms with Crippen LogP contribution >= 0.6 is 11.6 Å². The van der Waals surface area contributed by atoms with E-state index < -0.39 is 0 Å². The molecule has 1 aliphatic carbocycles. The van der Waals surface area contributed by atoms with Gasteiger partial charge in [-0.2, -0.15) is 0 Å². The molecule has 1 saturated carbocycles. The summed E-state index contributed by atoms with van der Waals surface area (Å²) in [6, 6.07) is 7.83. The first kappa shape index (κ1) is 14.2. The van der Waals surface area contributed by atoms with Crippen LogP contribution in [-0.4, -0.2) is 30.4 Å². The van der Waals surface area contributed by atoms with Gasteiger partial charge in [-0.3, -0.25) is 4.79 Å². The third kappa shape index (κ3) is 4.13. The SMILES string of the molecule is CN(C(=O)CNc1ccc(Cl)cc1)C1CCCCC1. The van der Waals surface area contributed by atoms with E-state index in [1.807, 2.05) is 36.2 Å². The lowest BCUT2D eigenvalue weighted by atomic mass is 9.94. The molecule has 0 aliphatic heterocycles. The Hall–Kier alpha value is -1.22. The number of likely N-dealkylation sites (N-methyl/N-ethyl adjacent to an activating group) is 1. The highest BCUT2D eigenvalue weighted by molar-refractivity contribution is 6.30. The molecule has 0 spiro atoms. The fourth-order valence-corrected chi connectivity index (χ4v) is 2.67. The zero-order chi connectivity index (χ0) is 13.7. The molecule has 0 bridgehead atoms. The van der Waals surface area contributed by atoms with Gasteiger partial charge in [-0.05, 0) is 37.1 Å². The lowest BCUT2D eigenvalue weighted by Gasteiger charge is -2.31. The van der Waals surface area contributed by atoms with E-state index in [0.717, 1.165) is 18.5 Å². The van der Waals surface area contributed by atoms with Gasteiger partial charge < -0.3 is 10.2 Å². The van der Waals surface area contributed by atoms with Crippen molar-refractivity contribution in [1.29, 1.82) is 0 Å². The summed E-state index contributed by atoms with van der Waals surface area (Å²) in [5.74, 6) is 0.154. The van der Waals surface area contributed by atoms with Crippen molar-refractivity contribution in [3.63, 3.8) is 0 Å². The van der Waals surface area contributed by atoms with Crippen LogP contribution in [0.15, 0.2) is 24.3 Å². The zero-order valence-electron chi connectivity index (χ0n) is 11.4. The van der Waals surface area contributed by atoms with Gasteiger partial charge in [0.15, 0.2) is 0 Å². The molecule has 2 rings (SSSR count). The number of carbonyl (C=O) groups is 1. The molecule has 1 aromatic carbocycles. The van der Waals surface area contributed by atoms with Crippen LogP contribution in [0.4, 0.5) is 5.69 Å². The molecule has 0 heterocycles. The smallest absolute Gasteiger partial charge is 0.241 e. The van der Waals surface area contributed by atoms with Crippen molar-refractivity contribution in [2.75, 3.05) is 18.9 Å². The second kappa shape index (κ2) is 6.80. The summed E-state index contributed by atoms with van der Waals surface area (Å²) >= 11 is 5.82. The van der Waals surface area contributed by atoms with Crippen molar-refractivity contribution in [1.82, 2.24) is 4.90 Å². The fraction of sp³-hybridized carbons (Fsp3) is 0.533. The first-order valence-electron chi connectivity index (χ1n) is 6.92. The standard InChI is InChI=1S/C15H21ClN2O/c1-18(14-5-3-2-4-6-14)15(19)11-17-13-9-7-12(16)8-10-13/h7-10,14,17H,2-6,11H2,1H3. The Labute approximate surface area is 119 Å². The molecule has 1 N–H and O–H groups in total. The number of rotatable bonds is 4. The highest BCUT2D eigenvalue weighted by atomic mass is 35.5. The van der Waals surface area contributed by atoms with E-state index in [-0.39, 0.29) is 5.91 Å². The zero-order valence-corrected chi connectivity index (χ0v) is 12.1. The number of nitrogens with one attached hydrogen (secondary N) is 1. The minimum Gasteiger partial charge on any atom is -0.376 e. The van der Waals surface area contributed by atoms with Crippen molar-refractivity contribution in [3.8, 4) is 0 Å². The maximum absolute atomic E-state index is 12.1. The van der Waals surface area contributed by atoms with Gasteiger partial charge in [-0.15, -0.1) is 0 Å². The number of hydrogen-bond donors (Lipinski definition) is 1. The number of anilines is 1. The Kier molecular flexibility index (Phi) is 5.08. The Morgan fingerprint density at radius 2 is 1.89 bits per heavy atom. The molecule has 0 unspecified atom stereocenters. The summed E-state index contributed by atoms with van der Waals surface area (Å²) in [4.78, 5) is 14.0. The van der Waals surface area contributed by atoms with E-state index in [0.29, 0.717) is 17.6 Å². The van der Waals surface area contributed by atoms with Gasteiger partial charge in [0.1, 0.15) is 0 Å². The summed E-state index contributed by atoms with van der Waals surface area (Å²) in [6.07, 6.45) is 6.08. The van der Waals surface area contributed by atoms with Gasteiger partial charge in [0.2, 0.25) is 5.91 Å². The van der Waals surface area contributed by atoms with Gasteiger partial charge in [-0.25, -0.2) is 0 Å². The highest BCUT2D eigenvalue weighted by Gasteiger charge is 2.21. The molecule has 0 saturated heterocycles. The van der Waals surface area contributed by atoms with Crippen LogP contribution in [0.5, 0.6) is 0 Å². The molecule has 3 nitrogen and oxygen atoms in total. The normalized spacial score (nSPS) is 16.1. The first-order chi connectivity index (χ1) is 9.16. The van der Waals surface area contributed by atoms with Gasteiger partial charge in [0, 0.05) is 23.8 Å². The van der Waals surface area contributed by atoms with E-state index in [2.05, 4.69) is 5.32 Å². The number of nitrogens with zero attached hydrogens (tertiary/aromatic N) is 1. The quantitative estimate of drug-likeness (QED) is 0.915. The summed E-state index contributed by atoms with van der Waals surface area (Å²) in [6.45, 7) is 0.342. The van der Waals surface area contributed by atoms with Gasteiger partial charge in [0.05, 0.1) is 6.54 Å². The summed E-state index contributed by atoms with van der Waals surface area (Å²) in [5, 5.41) is 3.85. The number of halogens is 1. The van der Waals surface area contributed by atoms with Crippen molar-refractivity contribution >= 4 is 23.2 Å². The minimum absolute atomic E-state index is 0.154. The van der Waals surface area contributed by atoms with Crippen LogP contribution in [0.25, 0.3) is 0 Å². The summed E-state index contributed by atoms with van der Waals surface area (Å²) in [7, 11) is 1.92. The number of hydrogen-bond acceptors (Lipinski definition) is 2. The van der Waals surface area contributed by atoms with Crippen LogP contribution in [0.2, 0.25) is 5.02 Å². The van der Waals surface area contributed by atoms with Crippen LogP contribution in [0.3, 0.4) is 0 Å². The Balaban J connectivity index is 1.81. The average molecular weight is 281 g/mol. The van der Waals surface area contributed by atoms with Crippen molar-refractivity contribution < 1.29 is 4.79 Å². The van der Waals surface area contributed by atoms with Crippen LogP contribution in [-0.2, 0) is 4.79 Å². The number of benzene rings is 1. The number of carbonyl (C=O) groups excluding carboxylic acids is 1. The molecule has 0 radical (unpaired) electrons. The largest absolute Gasteiger partial charge is 0.376 e. The molecule has 1 amide bonds. The molecule has 0 atom stereocenters. The van der Waals surface area contributed by atoms with Gasteiger partial charge >= 0.3 is 0 Å². The van der Waals surface area contributed by atoms with E-state index in [4.69, 9.17) is 11.6 Å². The summed E-state index contributed by atoms with van der Waals surface area (Å²) < 4.78 is 0. The number of amides is 1. The third-order valence-electron chi connectivity index (χ3n) is 3.80. The van der Waals surface area contributed by atoms with E-state index in [9.17, 15) is 4.79 Å². The maximum atomic E-state index is 12.1. The Bertz CT molecular complexity index is 413. The second-order valence-corrected chi connectivity index (χ2v) is 5.59. The average Bonchev–Trinajstić information content (AvgIpc) is 2.46. The molecule has 1 fully saturated rings. The molecule has 0 aromatic heterocycles. The van der Waals surface area contributed by atoms with Gasteiger partial charge in [-0.1, -0.05) is 30.9 Å². The second-order valence-electron chi connectivity index (χ2n) is 5.16. The minimum atomic E-state index is 0.154. The van der Waals surface area contributed by atoms with E-state index in [1.165, 1.54) is 19.3 Å². The Morgan fingerprint density at radius 1 is 1.26 bits per heavy atom. The molecule has 1 aliphatic rings. The predicted molar refractivity (Wildman–Crippen MR) is 79.6 cm³/mol. The van der Waals surface area contributed by atoms with Crippen LogP contribution < -0.4 is 5.32 Å². The van der Waals surface area contributed by atoms with Gasteiger partial charge in [0.25, 0.3) is 0 Å². The highest BCUT2D eigenvalue weighted by Crippen LogP contribution is 2.21. The van der Waals surface area contributed by atoms with E-state index in [1.54, 1.807) is 0 Å². The predicted octanol–water partition coefficient (Wildman–Crippen LogP) is 3.54. The third-order valence-corrected chi connectivity index (χ3v) is 4.06. The van der Waals surface area contributed by atoms with E-state index >= 15 is 0 Å². The molecule has 4 heteroatoms. The lowest BCUT2D eigenvalue weighted by Crippen LogP contribution is -2.41. The lowest BCUT2D eigenvalue weighted by molar-refractivity contribution is -0.130. The van der Waals surface area contributed by atoms with Crippen molar-refractivity contribution in [2.45, 2.75) is 38.1 Å². The monoisotopic (exact) mass is 280 g/mol. The summed E-state index contributed by atoms with van der Waals surface area (Å²) in [5.41, 5.74) is 0.926. The molecular weight excluding hydrogens is 260 g/mol. The maximum Gasteiger partial charge on any atom is 0.241 e. The van der Waals surface area contributed by atoms with Crippen molar-refractivity contribution in [2.24, 2.45) is 0 Å². The van der Waals surface area contributed by atoms with Crippen molar-refractivity contribution in [3.05, 3.63) is 29.3 Å². The molecule has 19 heavy (non-hydrogen) atoms. The molecule has 1 aromatic rings. The van der Waals surface area contributed by atoms with Crippen LogP contribution in [0.1, 0.15) is 32.1 Å². The molecular formula is C15H21ClN2O. The topological polar surface area (TPSA) is 32.3 Å². The molecule has 104 valence electrons. The fourth-order valence-electron chi connectivity index (χ4n) is 2.54. The first-order valence-corrected chi connectivity index (χ1v) is 7.30. The Morgan fingerprint density at radius 3 is 2.53 bits per heavy atom. The van der Waals surface area contributed by atoms with Crippen LogP contribution in [0, 0.1) is 0 Å².